The van der Waals surface area contributed by atoms with Crippen molar-refractivity contribution >= 4 is 23.4 Å². The summed E-state index contributed by atoms with van der Waals surface area (Å²) < 4.78 is 53.4. The molecule has 0 aliphatic heterocycles. The highest BCUT2D eigenvalue weighted by Gasteiger charge is 2.35. The zero-order valence-electron chi connectivity index (χ0n) is 14.9. The Bertz CT molecular complexity index is 1120. The van der Waals surface area contributed by atoms with Crippen molar-refractivity contribution in [3.8, 4) is 5.69 Å². The van der Waals surface area contributed by atoms with Gasteiger partial charge in [0.25, 0.3) is 5.56 Å². The molecule has 0 radical (unpaired) electrons. The van der Waals surface area contributed by atoms with Gasteiger partial charge in [-0.25, -0.2) is 13.8 Å². The largest absolute Gasteiger partial charge is 0.481 e. The number of ketones is 1. The van der Waals surface area contributed by atoms with Crippen molar-refractivity contribution in [2.24, 2.45) is 13.0 Å². The molecule has 156 valence electrons. The first-order valence-corrected chi connectivity index (χ1v) is 8.35. The van der Waals surface area contributed by atoms with Crippen LogP contribution in [0, 0.1) is 11.7 Å². The summed E-state index contributed by atoms with van der Waals surface area (Å²) in [5.74, 6) is -5.28. The van der Waals surface area contributed by atoms with Crippen LogP contribution in [0.3, 0.4) is 0 Å². The van der Waals surface area contributed by atoms with Gasteiger partial charge in [-0.05, 0) is 18.6 Å². The van der Waals surface area contributed by atoms with Gasteiger partial charge in [-0.15, -0.1) is 0 Å². The number of rotatable bonds is 5. The average Bonchev–Trinajstić information content (AvgIpc) is 2.59. The number of Topliss-reactive ketones (excluding diaryl/α,β-unsaturated/α-hetero) is 1. The number of carbonyl (C=O) groups is 2. The number of aliphatic carboxylic acids is 1. The predicted molar refractivity (Wildman–Crippen MR) is 93.0 cm³/mol. The number of carbonyl (C=O) groups excluding carboxylic acids is 1. The zero-order valence-corrected chi connectivity index (χ0v) is 15.6. The fraction of sp³-hybridized carbons (Fsp3) is 0.294. The minimum Gasteiger partial charge on any atom is -0.481 e. The van der Waals surface area contributed by atoms with E-state index >= 15 is 0 Å². The molecule has 1 atom stereocenters. The Morgan fingerprint density at radius 2 is 1.79 bits per heavy atom. The van der Waals surface area contributed by atoms with Crippen LogP contribution in [-0.4, -0.2) is 26.0 Å². The standard InChI is InChI=1S/C17H13ClF4N2O5/c1-3-7(15(27)28)14(26)8-4-11(10(19)5-9(8)18)24-13(25)6-12(17(20,21)22)23(2)16(24)29/h4-7H,3H2,1-2H3,(H,27,28)/t7-/m0/s1. The fourth-order valence-electron chi connectivity index (χ4n) is 2.68. The molecule has 7 nitrogen and oxygen atoms in total. The van der Waals surface area contributed by atoms with Crippen molar-refractivity contribution in [3.05, 3.63) is 61.1 Å². The van der Waals surface area contributed by atoms with E-state index in [2.05, 4.69) is 0 Å². The average molecular weight is 437 g/mol. The quantitative estimate of drug-likeness (QED) is 0.441. The molecule has 29 heavy (non-hydrogen) atoms. The molecule has 1 heterocycles. The smallest absolute Gasteiger partial charge is 0.431 e. The second-order valence-electron chi connectivity index (χ2n) is 5.99. The van der Waals surface area contributed by atoms with E-state index in [1.54, 1.807) is 0 Å². The summed E-state index contributed by atoms with van der Waals surface area (Å²) in [6.45, 7) is 1.41. The molecule has 0 unspecified atom stereocenters. The van der Waals surface area contributed by atoms with E-state index in [9.17, 15) is 36.7 Å². The van der Waals surface area contributed by atoms with Crippen molar-refractivity contribution in [3.63, 3.8) is 0 Å². The third-order valence-corrected chi connectivity index (χ3v) is 4.49. The zero-order chi connectivity index (χ0) is 22.3. The van der Waals surface area contributed by atoms with Gasteiger partial charge in [0.2, 0.25) is 0 Å². The number of carboxylic acid groups (broad SMARTS) is 1. The molecule has 1 N–H and O–H groups in total. The summed E-state index contributed by atoms with van der Waals surface area (Å²) >= 11 is 5.81. The number of alkyl halides is 3. The minimum absolute atomic E-state index is 0.0966. The number of hydrogen-bond donors (Lipinski definition) is 1. The SMILES string of the molecule is CC[C@H](C(=O)O)C(=O)c1cc(-n2c(=O)cc(C(F)(F)F)n(C)c2=O)c(F)cc1Cl. The van der Waals surface area contributed by atoms with Crippen LogP contribution in [0.1, 0.15) is 29.4 Å². The van der Waals surface area contributed by atoms with Crippen LogP contribution in [0.15, 0.2) is 27.8 Å². The Hall–Kier alpha value is -2.95. The van der Waals surface area contributed by atoms with E-state index in [1.165, 1.54) is 6.92 Å². The summed E-state index contributed by atoms with van der Waals surface area (Å²) in [6, 6.07) is 1.34. The number of benzene rings is 1. The van der Waals surface area contributed by atoms with Gasteiger partial charge in [0.1, 0.15) is 17.4 Å². The number of halogens is 5. The highest BCUT2D eigenvalue weighted by molar-refractivity contribution is 6.34. The summed E-state index contributed by atoms with van der Waals surface area (Å²) in [5, 5.41) is 8.64. The maximum atomic E-state index is 14.4. The lowest BCUT2D eigenvalue weighted by atomic mass is 9.95. The van der Waals surface area contributed by atoms with Gasteiger partial charge in [0.15, 0.2) is 5.78 Å². The lowest BCUT2D eigenvalue weighted by Crippen LogP contribution is -2.41. The first-order chi connectivity index (χ1) is 13.3. The van der Waals surface area contributed by atoms with Crippen molar-refractivity contribution in [1.82, 2.24) is 9.13 Å². The van der Waals surface area contributed by atoms with Gasteiger partial charge in [-0.1, -0.05) is 18.5 Å². The molecule has 2 rings (SSSR count). The highest BCUT2D eigenvalue weighted by atomic mass is 35.5. The Kier molecular flexibility index (Phi) is 6.02. The molecular weight excluding hydrogens is 424 g/mol. The molecule has 0 aliphatic rings. The number of hydrogen-bond acceptors (Lipinski definition) is 4. The molecule has 0 saturated carbocycles. The molecule has 0 bridgehead atoms. The number of nitrogens with zero attached hydrogens (tertiary/aromatic N) is 2. The van der Waals surface area contributed by atoms with Crippen LogP contribution in [0.4, 0.5) is 17.6 Å². The third kappa shape index (κ3) is 4.09. The van der Waals surface area contributed by atoms with E-state index < -0.39 is 62.9 Å². The molecule has 12 heteroatoms. The first-order valence-electron chi connectivity index (χ1n) is 7.98. The van der Waals surface area contributed by atoms with Crippen molar-refractivity contribution in [2.45, 2.75) is 19.5 Å². The second-order valence-corrected chi connectivity index (χ2v) is 6.40. The van der Waals surface area contributed by atoms with Gasteiger partial charge >= 0.3 is 17.8 Å². The van der Waals surface area contributed by atoms with Crippen LogP contribution in [-0.2, 0) is 18.0 Å². The molecule has 1 aromatic heterocycles. The normalized spacial score (nSPS) is 12.7. The van der Waals surface area contributed by atoms with Gasteiger partial charge in [-0.3, -0.25) is 19.0 Å². The molecule has 0 fully saturated rings. The monoisotopic (exact) mass is 436 g/mol. The van der Waals surface area contributed by atoms with Crippen molar-refractivity contribution in [2.75, 3.05) is 0 Å². The maximum absolute atomic E-state index is 14.4. The lowest BCUT2D eigenvalue weighted by molar-refractivity contribution is -0.144. The maximum Gasteiger partial charge on any atom is 0.431 e. The van der Waals surface area contributed by atoms with Crippen molar-refractivity contribution < 1.29 is 32.3 Å². The molecule has 0 aliphatic carbocycles. The molecule has 0 spiro atoms. The number of aromatic nitrogens is 2. The molecule has 0 saturated heterocycles. The predicted octanol–water partition coefficient (Wildman–Crippen LogP) is 2.64. The van der Waals surface area contributed by atoms with Crippen LogP contribution in [0.5, 0.6) is 0 Å². The van der Waals surface area contributed by atoms with Gasteiger partial charge in [0.05, 0.1) is 10.7 Å². The van der Waals surface area contributed by atoms with E-state index in [1.807, 2.05) is 0 Å². The molecule has 0 amide bonds. The van der Waals surface area contributed by atoms with Crippen LogP contribution < -0.4 is 11.2 Å². The Morgan fingerprint density at radius 1 is 1.21 bits per heavy atom. The highest BCUT2D eigenvalue weighted by Crippen LogP contribution is 2.28. The molecular formula is C17H13ClF4N2O5. The molecule has 2 aromatic rings. The van der Waals surface area contributed by atoms with Gasteiger partial charge in [0, 0.05) is 18.7 Å². The van der Waals surface area contributed by atoms with Crippen LogP contribution in [0.2, 0.25) is 5.02 Å². The van der Waals surface area contributed by atoms with Crippen LogP contribution >= 0.6 is 11.6 Å². The summed E-state index contributed by atoms with van der Waals surface area (Å²) in [4.78, 5) is 48.1. The topological polar surface area (TPSA) is 98.4 Å². The van der Waals surface area contributed by atoms with E-state index in [0.29, 0.717) is 12.1 Å². The third-order valence-electron chi connectivity index (χ3n) is 4.18. The first kappa shape index (κ1) is 22.3. The van der Waals surface area contributed by atoms with Crippen LogP contribution in [0.25, 0.3) is 5.69 Å². The van der Waals surface area contributed by atoms with Gasteiger partial charge in [-0.2, -0.15) is 13.2 Å². The summed E-state index contributed by atoms with van der Waals surface area (Å²) in [6.07, 6.45) is -5.14. The Morgan fingerprint density at radius 3 is 2.28 bits per heavy atom. The summed E-state index contributed by atoms with van der Waals surface area (Å²) in [7, 11) is 0.735. The minimum atomic E-state index is -5.01. The Labute approximate surface area is 164 Å². The van der Waals surface area contributed by atoms with E-state index in [-0.39, 0.29) is 21.6 Å². The van der Waals surface area contributed by atoms with E-state index in [0.717, 1.165) is 7.05 Å². The lowest BCUT2D eigenvalue weighted by Gasteiger charge is -2.16. The Balaban J connectivity index is 2.80. The molecule has 1 aromatic carbocycles. The van der Waals surface area contributed by atoms with Gasteiger partial charge < -0.3 is 5.11 Å². The fourth-order valence-corrected chi connectivity index (χ4v) is 2.92. The van der Waals surface area contributed by atoms with Crippen molar-refractivity contribution in [1.29, 1.82) is 0 Å². The van der Waals surface area contributed by atoms with E-state index in [4.69, 9.17) is 16.7 Å². The number of carboxylic acids is 1. The summed E-state index contributed by atoms with van der Waals surface area (Å²) in [5.41, 5.74) is -5.89. The second kappa shape index (κ2) is 7.82.